The van der Waals surface area contributed by atoms with Gasteiger partial charge in [0.2, 0.25) is 10.0 Å². The van der Waals surface area contributed by atoms with E-state index >= 15 is 0 Å². The Hall–Kier alpha value is -2.38. The Labute approximate surface area is 153 Å². The number of nitrogens with zero attached hydrogens (tertiary/aromatic N) is 1. The van der Waals surface area contributed by atoms with Crippen LogP contribution in [-0.2, 0) is 16.4 Å². The van der Waals surface area contributed by atoms with Crippen LogP contribution < -0.4 is 9.47 Å². The Bertz CT molecular complexity index is 909. The van der Waals surface area contributed by atoms with E-state index in [2.05, 4.69) is 0 Å². The molecule has 2 aromatic rings. The third kappa shape index (κ3) is 3.45. The molecule has 0 saturated carbocycles. The van der Waals surface area contributed by atoms with Gasteiger partial charge in [0.1, 0.15) is 0 Å². The van der Waals surface area contributed by atoms with E-state index < -0.39 is 10.0 Å². The first-order valence-corrected chi connectivity index (χ1v) is 9.74. The second kappa shape index (κ2) is 7.47. The first kappa shape index (κ1) is 18.4. The van der Waals surface area contributed by atoms with Gasteiger partial charge in [0.15, 0.2) is 17.3 Å². The third-order valence-electron chi connectivity index (χ3n) is 4.51. The number of carbonyl (C=O) groups is 1. The molecule has 138 valence electrons. The minimum Gasteiger partial charge on any atom is -0.493 e. The van der Waals surface area contributed by atoms with Crippen LogP contribution in [0.25, 0.3) is 0 Å². The highest BCUT2D eigenvalue weighted by Crippen LogP contribution is 2.32. The van der Waals surface area contributed by atoms with Crippen LogP contribution in [0.15, 0.2) is 47.4 Å². The van der Waals surface area contributed by atoms with Crippen LogP contribution in [0, 0.1) is 0 Å². The summed E-state index contributed by atoms with van der Waals surface area (Å²) >= 11 is 0. The molecule has 0 spiro atoms. The van der Waals surface area contributed by atoms with Gasteiger partial charge in [-0.1, -0.05) is 18.2 Å². The summed E-state index contributed by atoms with van der Waals surface area (Å²) in [5, 5.41) is 0. The molecule has 3 rings (SSSR count). The fraction of sp³-hybridized carbons (Fsp3) is 0.316. The molecule has 0 aromatic heterocycles. The maximum atomic E-state index is 12.9. The molecule has 1 heterocycles. The molecule has 0 amide bonds. The number of ether oxygens (including phenoxy) is 2. The Morgan fingerprint density at radius 3 is 2.19 bits per heavy atom. The summed E-state index contributed by atoms with van der Waals surface area (Å²) in [7, 11) is -0.582. The van der Waals surface area contributed by atoms with Crippen molar-refractivity contribution < 1.29 is 22.7 Å². The van der Waals surface area contributed by atoms with Crippen molar-refractivity contribution in [2.45, 2.75) is 17.7 Å². The number of methoxy groups -OCH3 is 2. The van der Waals surface area contributed by atoms with E-state index in [1.165, 1.54) is 18.5 Å². The molecule has 0 saturated heterocycles. The molecular formula is C19H21NO5S. The van der Waals surface area contributed by atoms with Crippen LogP contribution in [0.5, 0.6) is 11.5 Å². The molecule has 2 aromatic carbocycles. The minimum absolute atomic E-state index is 0.103. The zero-order chi connectivity index (χ0) is 18.7. The summed E-state index contributed by atoms with van der Waals surface area (Å²) in [6.45, 7) is 0.455. The van der Waals surface area contributed by atoms with Gasteiger partial charge in [-0.3, -0.25) is 4.79 Å². The van der Waals surface area contributed by atoms with Gasteiger partial charge in [-0.15, -0.1) is 0 Å². The van der Waals surface area contributed by atoms with Crippen molar-refractivity contribution in [2.75, 3.05) is 27.3 Å². The van der Waals surface area contributed by atoms with Crippen molar-refractivity contribution in [2.24, 2.45) is 0 Å². The number of carbonyl (C=O) groups excluding carboxylic acids is 1. The number of hydrogen-bond donors (Lipinski definition) is 0. The van der Waals surface area contributed by atoms with E-state index in [-0.39, 0.29) is 23.6 Å². The highest BCUT2D eigenvalue weighted by molar-refractivity contribution is 7.89. The molecule has 26 heavy (non-hydrogen) atoms. The minimum atomic E-state index is -3.63. The molecule has 0 bridgehead atoms. The molecule has 0 radical (unpaired) electrons. The molecule has 6 nitrogen and oxygen atoms in total. The van der Waals surface area contributed by atoms with Crippen molar-refractivity contribution in [3.05, 3.63) is 53.6 Å². The summed E-state index contributed by atoms with van der Waals surface area (Å²) in [5.74, 6) is 0.917. The maximum Gasteiger partial charge on any atom is 0.243 e. The van der Waals surface area contributed by atoms with Crippen molar-refractivity contribution >= 4 is 15.8 Å². The normalized spacial score (nSPS) is 15.7. The Balaban J connectivity index is 1.94. The standard InChI is InChI=1S/C19H21NO5S/c1-24-18-12-14-8-10-20(26(22,23)15-6-4-3-5-7-15)11-9-17(21)16(14)13-19(18)25-2/h3-7,12-13H,8-11H2,1-2H3. The highest BCUT2D eigenvalue weighted by Gasteiger charge is 2.28. The number of hydrogen-bond acceptors (Lipinski definition) is 5. The van der Waals surface area contributed by atoms with Gasteiger partial charge in [-0.2, -0.15) is 4.31 Å². The van der Waals surface area contributed by atoms with Crippen LogP contribution in [0.3, 0.4) is 0 Å². The number of ketones is 1. The summed E-state index contributed by atoms with van der Waals surface area (Å²) < 4.78 is 37.7. The van der Waals surface area contributed by atoms with E-state index in [9.17, 15) is 13.2 Å². The second-order valence-corrected chi connectivity index (χ2v) is 7.94. The number of sulfonamides is 1. The number of benzene rings is 2. The number of fused-ring (bicyclic) bond motifs is 1. The van der Waals surface area contributed by atoms with Crippen molar-refractivity contribution in [1.82, 2.24) is 4.31 Å². The molecule has 0 fully saturated rings. The van der Waals surface area contributed by atoms with Gasteiger partial charge in [-0.05, 0) is 36.2 Å². The van der Waals surface area contributed by atoms with Crippen LogP contribution in [0.2, 0.25) is 0 Å². The Morgan fingerprint density at radius 1 is 0.923 bits per heavy atom. The lowest BCUT2D eigenvalue weighted by Gasteiger charge is -2.25. The SMILES string of the molecule is COc1cc2c(cc1OC)C(=O)CCN(S(=O)(=O)c1ccccc1)CC2. The van der Waals surface area contributed by atoms with E-state index in [0.29, 0.717) is 30.0 Å². The maximum absolute atomic E-state index is 12.9. The largest absolute Gasteiger partial charge is 0.493 e. The first-order chi connectivity index (χ1) is 12.5. The lowest BCUT2D eigenvalue weighted by atomic mass is 9.97. The summed E-state index contributed by atoms with van der Waals surface area (Å²) in [5.41, 5.74) is 1.33. The van der Waals surface area contributed by atoms with E-state index in [0.717, 1.165) is 5.56 Å². The zero-order valence-electron chi connectivity index (χ0n) is 14.8. The van der Waals surface area contributed by atoms with Crippen LogP contribution in [0.1, 0.15) is 22.3 Å². The monoisotopic (exact) mass is 375 g/mol. The van der Waals surface area contributed by atoms with Crippen molar-refractivity contribution in [3.63, 3.8) is 0 Å². The van der Waals surface area contributed by atoms with Crippen LogP contribution in [0.4, 0.5) is 0 Å². The van der Waals surface area contributed by atoms with Crippen LogP contribution >= 0.6 is 0 Å². The van der Waals surface area contributed by atoms with Gasteiger partial charge in [0.05, 0.1) is 19.1 Å². The first-order valence-electron chi connectivity index (χ1n) is 8.30. The summed E-state index contributed by atoms with van der Waals surface area (Å²) in [6, 6.07) is 11.7. The average molecular weight is 375 g/mol. The van der Waals surface area contributed by atoms with E-state index in [1.54, 1.807) is 42.5 Å². The fourth-order valence-corrected chi connectivity index (χ4v) is 4.55. The third-order valence-corrected chi connectivity index (χ3v) is 6.42. The quantitative estimate of drug-likeness (QED) is 0.821. The van der Waals surface area contributed by atoms with Gasteiger partial charge in [0, 0.05) is 25.1 Å². The van der Waals surface area contributed by atoms with Gasteiger partial charge >= 0.3 is 0 Å². The average Bonchev–Trinajstić information content (AvgIpc) is 2.66. The van der Waals surface area contributed by atoms with Gasteiger partial charge < -0.3 is 9.47 Å². The molecule has 0 N–H and O–H groups in total. The highest BCUT2D eigenvalue weighted by atomic mass is 32.2. The van der Waals surface area contributed by atoms with E-state index in [4.69, 9.17) is 9.47 Å². The Kier molecular flexibility index (Phi) is 5.29. The molecule has 7 heteroatoms. The van der Waals surface area contributed by atoms with E-state index in [1.807, 2.05) is 0 Å². The number of rotatable bonds is 4. The fourth-order valence-electron chi connectivity index (χ4n) is 3.09. The van der Waals surface area contributed by atoms with Gasteiger partial charge in [0.25, 0.3) is 0 Å². The smallest absolute Gasteiger partial charge is 0.243 e. The Morgan fingerprint density at radius 2 is 1.54 bits per heavy atom. The predicted molar refractivity (Wildman–Crippen MR) is 97.4 cm³/mol. The zero-order valence-corrected chi connectivity index (χ0v) is 15.6. The predicted octanol–water partition coefficient (Wildman–Crippen LogP) is 2.52. The molecular weight excluding hydrogens is 354 g/mol. The second-order valence-electron chi connectivity index (χ2n) is 6.00. The van der Waals surface area contributed by atoms with Crippen molar-refractivity contribution in [1.29, 1.82) is 0 Å². The van der Waals surface area contributed by atoms with Crippen LogP contribution in [-0.4, -0.2) is 45.8 Å². The lowest BCUT2D eigenvalue weighted by Crippen LogP contribution is -2.36. The lowest BCUT2D eigenvalue weighted by molar-refractivity contribution is 0.0971. The molecule has 0 aliphatic carbocycles. The molecule has 0 unspecified atom stereocenters. The van der Waals surface area contributed by atoms with Gasteiger partial charge in [-0.25, -0.2) is 8.42 Å². The molecule has 0 atom stereocenters. The number of Topliss-reactive ketones (excluding diaryl/α,β-unsaturated/α-hetero) is 1. The molecule has 1 aliphatic rings. The summed E-state index contributed by atoms with van der Waals surface area (Å²) in [6.07, 6.45) is 0.544. The topological polar surface area (TPSA) is 72.9 Å². The van der Waals surface area contributed by atoms with Crippen molar-refractivity contribution in [3.8, 4) is 11.5 Å². The summed E-state index contributed by atoms with van der Waals surface area (Å²) in [4.78, 5) is 12.9. The molecule has 1 aliphatic heterocycles.